The van der Waals surface area contributed by atoms with E-state index >= 15 is 0 Å². The van der Waals surface area contributed by atoms with Crippen LogP contribution >= 0.6 is 0 Å². The quantitative estimate of drug-likeness (QED) is 0.704. The number of hydrogen-bond acceptors (Lipinski definition) is 4. The first-order chi connectivity index (χ1) is 8.45. The molecule has 3 atom stereocenters. The van der Waals surface area contributed by atoms with Crippen LogP contribution in [-0.2, 0) is 14.3 Å². The van der Waals surface area contributed by atoms with Crippen LogP contribution in [0.5, 0.6) is 0 Å². The highest BCUT2D eigenvalue weighted by Crippen LogP contribution is 2.42. The van der Waals surface area contributed by atoms with Crippen molar-refractivity contribution in [3.05, 3.63) is 0 Å². The molecule has 5 heteroatoms. The lowest BCUT2D eigenvalue weighted by Crippen LogP contribution is -2.62. The monoisotopic (exact) mass is 258 g/mol. The zero-order chi connectivity index (χ0) is 13.8. The second kappa shape index (κ2) is 6.50. The maximum atomic E-state index is 11.8. The molecular formula is C13H26N2O3. The van der Waals surface area contributed by atoms with E-state index in [1.165, 1.54) is 0 Å². The summed E-state index contributed by atoms with van der Waals surface area (Å²) in [7, 11) is 1.57. The van der Waals surface area contributed by atoms with Crippen molar-refractivity contribution in [3.8, 4) is 0 Å². The van der Waals surface area contributed by atoms with Crippen molar-refractivity contribution in [3.63, 3.8) is 0 Å². The van der Waals surface area contributed by atoms with Crippen LogP contribution in [0.25, 0.3) is 0 Å². The molecule has 3 N–H and O–H groups in total. The first-order valence-electron chi connectivity index (χ1n) is 6.59. The smallest absolute Gasteiger partial charge is 0.222 e. The number of amides is 1. The lowest BCUT2D eigenvalue weighted by Gasteiger charge is -2.51. The predicted octanol–water partition coefficient (Wildman–Crippen LogP) is 0.670. The molecule has 0 aromatic carbocycles. The van der Waals surface area contributed by atoms with E-state index in [1.54, 1.807) is 7.11 Å². The first-order valence-corrected chi connectivity index (χ1v) is 6.59. The van der Waals surface area contributed by atoms with E-state index in [2.05, 4.69) is 19.2 Å². The van der Waals surface area contributed by atoms with Crippen molar-refractivity contribution >= 4 is 5.91 Å². The lowest BCUT2D eigenvalue weighted by atomic mass is 9.64. The van der Waals surface area contributed by atoms with Gasteiger partial charge >= 0.3 is 0 Å². The van der Waals surface area contributed by atoms with Crippen molar-refractivity contribution in [2.24, 2.45) is 11.1 Å². The summed E-state index contributed by atoms with van der Waals surface area (Å²) in [6.45, 7) is 7.32. The number of methoxy groups -OCH3 is 1. The molecule has 0 bridgehead atoms. The van der Waals surface area contributed by atoms with Crippen LogP contribution in [-0.4, -0.2) is 44.4 Å². The molecule has 1 fully saturated rings. The normalized spacial score (nSPS) is 27.4. The summed E-state index contributed by atoms with van der Waals surface area (Å²) in [5.74, 6) is 0.000300. The molecule has 0 saturated heterocycles. The van der Waals surface area contributed by atoms with Crippen molar-refractivity contribution in [1.82, 2.24) is 5.32 Å². The van der Waals surface area contributed by atoms with E-state index in [0.717, 1.165) is 6.42 Å². The van der Waals surface area contributed by atoms with Crippen molar-refractivity contribution in [1.29, 1.82) is 0 Å². The number of nitrogens with two attached hydrogens (primary N) is 1. The van der Waals surface area contributed by atoms with Gasteiger partial charge in [-0.05, 0) is 13.3 Å². The minimum Gasteiger partial charge on any atom is -0.380 e. The summed E-state index contributed by atoms with van der Waals surface area (Å²) in [6.07, 6.45) is 1.24. The van der Waals surface area contributed by atoms with E-state index in [0.29, 0.717) is 19.6 Å². The number of carbonyl (C=O) groups excluding carboxylic acids is 1. The summed E-state index contributed by atoms with van der Waals surface area (Å²) in [6, 6.07) is 0.178. The Balaban J connectivity index is 2.38. The van der Waals surface area contributed by atoms with Gasteiger partial charge in [0.1, 0.15) is 0 Å². The van der Waals surface area contributed by atoms with Gasteiger partial charge in [-0.3, -0.25) is 4.79 Å². The number of carbonyl (C=O) groups is 1. The molecule has 5 nitrogen and oxygen atoms in total. The van der Waals surface area contributed by atoms with E-state index in [-0.39, 0.29) is 29.6 Å². The van der Waals surface area contributed by atoms with E-state index in [9.17, 15) is 4.79 Å². The van der Waals surface area contributed by atoms with E-state index < -0.39 is 0 Å². The second-order valence-corrected chi connectivity index (χ2v) is 5.42. The van der Waals surface area contributed by atoms with Crippen LogP contribution in [0.1, 0.15) is 33.6 Å². The van der Waals surface area contributed by atoms with Crippen LogP contribution in [0.2, 0.25) is 0 Å². The third-order valence-corrected chi connectivity index (χ3v) is 3.89. The van der Waals surface area contributed by atoms with Crippen molar-refractivity contribution in [2.75, 3.05) is 20.3 Å². The highest BCUT2D eigenvalue weighted by atomic mass is 16.5. The van der Waals surface area contributed by atoms with Gasteiger partial charge < -0.3 is 20.5 Å². The third kappa shape index (κ3) is 3.43. The molecule has 0 radical (unpaired) electrons. The SMILES string of the molecule is CCOC1CC(NC(=O)CC(CN)OC)C1(C)C. The maximum Gasteiger partial charge on any atom is 0.222 e. The molecule has 0 spiro atoms. The average Bonchev–Trinajstić information content (AvgIpc) is 2.34. The minimum absolute atomic E-state index is 0.000300. The zero-order valence-electron chi connectivity index (χ0n) is 11.9. The van der Waals surface area contributed by atoms with Crippen LogP contribution in [0.4, 0.5) is 0 Å². The molecule has 1 amide bonds. The first kappa shape index (κ1) is 15.4. The van der Waals surface area contributed by atoms with Gasteiger partial charge in [0.2, 0.25) is 5.91 Å². The molecule has 1 aliphatic carbocycles. The van der Waals surface area contributed by atoms with Gasteiger partial charge in [0, 0.05) is 31.7 Å². The molecule has 1 aliphatic rings. The number of rotatable bonds is 7. The Bertz CT molecular complexity index is 277. The van der Waals surface area contributed by atoms with Gasteiger partial charge in [-0.15, -0.1) is 0 Å². The average molecular weight is 258 g/mol. The summed E-state index contributed by atoms with van der Waals surface area (Å²) < 4.78 is 10.7. The number of hydrogen-bond donors (Lipinski definition) is 2. The Kier molecular flexibility index (Phi) is 5.56. The molecule has 0 aromatic rings. The molecule has 1 saturated carbocycles. The van der Waals surface area contributed by atoms with Crippen LogP contribution in [0, 0.1) is 5.41 Å². The zero-order valence-corrected chi connectivity index (χ0v) is 11.9. The number of ether oxygens (including phenoxy) is 2. The molecule has 0 aromatic heterocycles. The summed E-state index contributed by atoms with van der Waals surface area (Å²) in [5, 5.41) is 3.04. The summed E-state index contributed by atoms with van der Waals surface area (Å²) in [5.41, 5.74) is 5.50. The lowest BCUT2D eigenvalue weighted by molar-refractivity contribution is -0.138. The van der Waals surface area contributed by atoms with Gasteiger partial charge in [0.05, 0.1) is 18.6 Å². The maximum absolute atomic E-state index is 11.8. The Hall–Kier alpha value is -0.650. The Morgan fingerprint density at radius 3 is 2.67 bits per heavy atom. The highest BCUT2D eigenvalue weighted by molar-refractivity contribution is 5.77. The Morgan fingerprint density at radius 1 is 1.56 bits per heavy atom. The van der Waals surface area contributed by atoms with Crippen LogP contribution < -0.4 is 11.1 Å². The Labute approximate surface area is 109 Å². The third-order valence-electron chi connectivity index (χ3n) is 3.89. The van der Waals surface area contributed by atoms with Gasteiger partial charge in [-0.1, -0.05) is 13.8 Å². The molecular weight excluding hydrogens is 232 g/mol. The fraction of sp³-hybridized carbons (Fsp3) is 0.923. The van der Waals surface area contributed by atoms with Crippen LogP contribution in [0.15, 0.2) is 0 Å². The highest BCUT2D eigenvalue weighted by Gasteiger charge is 2.49. The van der Waals surface area contributed by atoms with E-state index in [1.807, 2.05) is 6.92 Å². The standard InChI is InChI=1S/C13H26N2O3/c1-5-18-11-7-10(13(11,2)3)15-12(16)6-9(8-14)17-4/h9-11H,5-8,14H2,1-4H3,(H,15,16). The molecule has 0 aliphatic heterocycles. The molecule has 18 heavy (non-hydrogen) atoms. The van der Waals surface area contributed by atoms with E-state index in [4.69, 9.17) is 15.2 Å². The molecule has 1 rings (SSSR count). The predicted molar refractivity (Wildman–Crippen MR) is 70.2 cm³/mol. The Morgan fingerprint density at radius 2 is 2.22 bits per heavy atom. The summed E-state index contributed by atoms with van der Waals surface area (Å²) in [4.78, 5) is 11.8. The van der Waals surface area contributed by atoms with Crippen LogP contribution in [0.3, 0.4) is 0 Å². The fourth-order valence-electron chi connectivity index (χ4n) is 2.34. The van der Waals surface area contributed by atoms with Crippen molar-refractivity contribution in [2.45, 2.75) is 51.9 Å². The molecule has 106 valence electrons. The van der Waals surface area contributed by atoms with Gasteiger partial charge in [0.15, 0.2) is 0 Å². The molecule has 3 unspecified atom stereocenters. The van der Waals surface area contributed by atoms with Gasteiger partial charge in [-0.25, -0.2) is 0 Å². The summed E-state index contributed by atoms with van der Waals surface area (Å²) >= 11 is 0. The largest absolute Gasteiger partial charge is 0.380 e. The molecule has 0 heterocycles. The second-order valence-electron chi connectivity index (χ2n) is 5.42. The van der Waals surface area contributed by atoms with Crippen molar-refractivity contribution < 1.29 is 14.3 Å². The van der Waals surface area contributed by atoms with Gasteiger partial charge in [0.25, 0.3) is 0 Å². The van der Waals surface area contributed by atoms with Gasteiger partial charge in [-0.2, -0.15) is 0 Å². The fourth-order valence-corrected chi connectivity index (χ4v) is 2.34. The minimum atomic E-state index is -0.198. The number of nitrogens with one attached hydrogen (secondary N) is 1. The topological polar surface area (TPSA) is 73.6 Å².